The van der Waals surface area contributed by atoms with Gasteiger partial charge in [0.2, 0.25) is 5.91 Å². The molecule has 0 radical (unpaired) electrons. The Bertz CT molecular complexity index is 784. The van der Waals surface area contributed by atoms with Crippen LogP contribution in [0.2, 0.25) is 0 Å². The van der Waals surface area contributed by atoms with E-state index >= 15 is 0 Å². The Morgan fingerprint density at radius 1 is 1.22 bits per heavy atom. The number of halogens is 2. The summed E-state index contributed by atoms with van der Waals surface area (Å²) in [6.07, 6.45) is 0.845. The van der Waals surface area contributed by atoms with Crippen molar-refractivity contribution in [2.45, 2.75) is 32.6 Å². The molecule has 4 nitrogen and oxygen atoms in total. The van der Waals surface area contributed by atoms with Crippen molar-refractivity contribution in [3.63, 3.8) is 0 Å². The van der Waals surface area contributed by atoms with E-state index in [1.54, 1.807) is 12.1 Å². The molecule has 7 heteroatoms. The molecule has 0 fully saturated rings. The van der Waals surface area contributed by atoms with Gasteiger partial charge in [0, 0.05) is 11.4 Å². The normalized spacial score (nSPS) is 10.7. The molecule has 0 saturated heterocycles. The molecule has 2 aromatic carbocycles. The van der Waals surface area contributed by atoms with Gasteiger partial charge in [0.25, 0.3) is 0 Å². The van der Waals surface area contributed by atoms with E-state index in [1.165, 1.54) is 24.9 Å². The Hall–Kier alpha value is -2.28. The lowest BCUT2D eigenvalue weighted by Gasteiger charge is -2.13. The van der Waals surface area contributed by atoms with E-state index in [1.807, 2.05) is 32.0 Å². The molecule has 0 aliphatic rings. The number of nitrogens with one attached hydrogen (secondary N) is 1. The maximum atomic E-state index is 12.4. The van der Waals surface area contributed by atoms with E-state index in [4.69, 9.17) is 4.74 Å². The van der Waals surface area contributed by atoms with E-state index in [2.05, 4.69) is 10.1 Å². The van der Waals surface area contributed by atoms with Gasteiger partial charge in [-0.05, 0) is 42.2 Å². The molecule has 0 spiro atoms. The van der Waals surface area contributed by atoms with Crippen LogP contribution in [0, 0.1) is 6.92 Å². The van der Waals surface area contributed by atoms with Crippen LogP contribution in [0.5, 0.6) is 11.5 Å². The van der Waals surface area contributed by atoms with Crippen molar-refractivity contribution in [3.8, 4) is 11.5 Å². The summed E-state index contributed by atoms with van der Waals surface area (Å²) in [5.41, 5.74) is 3.87. The minimum absolute atomic E-state index is 0.00867. The summed E-state index contributed by atoms with van der Waals surface area (Å²) >= 11 is 1.44. The van der Waals surface area contributed by atoms with Crippen molar-refractivity contribution >= 4 is 23.4 Å². The summed E-state index contributed by atoms with van der Waals surface area (Å²) in [6.45, 7) is 1.11. The van der Waals surface area contributed by atoms with Crippen LogP contribution in [0.4, 0.5) is 14.5 Å². The van der Waals surface area contributed by atoms with E-state index in [0.29, 0.717) is 5.75 Å². The van der Waals surface area contributed by atoms with Gasteiger partial charge in [0.15, 0.2) is 11.5 Å². The maximum Gasteiger partial charge on any atom is 0.387 e. The lowest BCUT2D eigenvalue weighted by Crippen LogP contribution is -2.16. The molecule has 0 bridgehead atoms. The summed E-state index contributed by atoms with van der Waals surface area (Å²) in [5.74, 6) is 0.993. The standard InChI is InChI=1S/C20H23F2NO3S/c1-4-15-7-5-6-13(2)19(15)23-18(24)12-27-11-14-8-9-16(26-20(21)22)17(10-14)25-3/h5-10,20H,4,11-12H2,1-3H3,(H,23,24). The average molecular weight is 395 g/mol. The van der Waals surface area contributed by atoms with E-state index in [-0.39, 0.29) is 23.2 Å². The highest BCUT2D eigenvalue weighted by Crippen LogP contribution is 2.30. The Morgan fingerprint density at radius 3 is 2.67 bits per heavy atom. The van der Waals surface area contributed by atoms with E-state index in [0.717, 1.165) is 28.8 Å². The molecule has 0 unspecified atom stereocenters. The van der Waals surface area contributed by atoms with Crippen LogP contribution in [0.1, 0.15) is 23.6 Å². The van der Waals surface area contributed by atoms with Gasteiger partial charge in [-0.2, -0.15) is 8.78 Å². The number of anilines is 1. The fraction of sp³-hybridized carbons (Fsp3) is 0.350. The summed E-state index contributed by atoms with van der Waals surface area (Å²) in [6, 6.07) is 10.7. The van der Waals surface area contributed by atoms with Crippen LogP contribution in [-0.2, 0) is 17.0 Å². The van der Waals surface area contributed by atoms with Crippen LogP contribution < -0.4 is 14.8 Å². The summed E-state index contributed by atoms with van der Waals surface area (Å²) < 4.78 is 34.2. The number of carbonyl (C=O) groups excluding carboxylic acids is 1. The number of hydrogen-bond acceptors (Lipinski definition) is 4. The van der Waals surface area contributed by atoms with Gasteiger partial charge in [-0.15, -0.1) is 11.8 Å². The SMILES string of the molecule is CCc1cccc(C)c1NC(=O)CSCc1ccc(OC(F)F)c(OC)c1. The first-order valence-electron chi connectivity index (χ1n) is 8.52. The molecule has 1 amide bonds. The lowest BCUT2D eigenvalue weighted by atomic mass is 10.1. The van der Waals surface area contributed by atoms with Gasteiger partial charge < -0.3 is 14.8 Å². The van der Waals surface area contributed by atoms with Crippen molar-refractivity contribution in [3.05, 3.63) is 53.1 Å². The topological polar surface area (TPSA) is 47.6 Å². The van der Waals surface area contributed by atoms with Gasteiger partial charge in [-0.3, -0.25) is 4.79 Å². The zero-order valence-electron chi connectivity index (χ0n) is 15.6. The molecule has 27 heavy (non-hydrogen) atoms. The third-order valence-corrected chi connectivity index (χ3v) is 4.95. The van der Waals surface area contributed by atoms with Crippen LogP contribution in [0.25, 0.3) is 0 Å². The van der Waals surface area contributed by atoms with Crippen LogP contribution >= 0.6 is 11.8 Å². The summed E-state index contributed by atoms with van der Waals surface area (Å²) in [4.78, 5) is 12.3. The highest BCUT2D eigenvalue weighted by Gasteiger charge is 2.12. The predicted molar refractivity (Wildman–Crippen MR) is 105 cm³/mol. The zero-order valence-corrected chi connectivity index (χ0v) is 16.4. The first kappa shape index (κ1) is 21.0. The fourth-order valence-electron chi connectivity index (χ4n) is 2.63. The molecule has 0 heterocycles. The number of benzene rings is 2. The average Bonchev–Trinajstić information content (AvgIpc) is 2.64. The molecule has 2 rings (SSSR count). The van der Waals surface area contributed by atoms with E-state index in [9.17, 15) is 13.6 Å². The Labute approximate surface area is 162 Å². The lowest BCUT2D eigenvalue weighted by molar-refractivity contribution is -0.113. The minimum atomic E-state index is -2.91. The molecular weight excluding hydrogens is 372 g/mol. The van der Waals surface area contributed by atoms with Gasteiger partial charge in [-0.1, -0.05) is 31.2 Å². The molecule has 2 aromatic rings. The van der Waals surface area contributed by atoms with Crippen molar-refractivity contribution in [2.24, 2.45) is 0 Å². The molecule has 0 saturated carbocycles. The number of ether oxygens (including phenoxy) is 2. The van der Waals surface area contributed by atoms with Gasteiger partial charge in [0.05, 0.1) is 12.9 Å². The fourth-order valence-corrected chi connectivity index (χ4v) is 3.41. The maximum absolute atomic E-state index is 12.4. The first-order valence-corrected chi connectivity index (χ1v) is 9.67. The molecule has 0 aliphatic heterocycles. The van der Waals surface area contributed by atoms with Crippen molar-refractivity contribution < 1.29 is 23.0 Å². The smallest absolute Gasteiger partial charge is 0.387 e. The summed E-state index contributed by atoms with van der Waals surface area (Å²) in [7, 11) is 1.39. The van der Waals surface area contributed by atoms with Crippen molar-refractivity contribution in [2.75, 3.05) is 18.2 Å². The van der Waals surface area contributed by atoms with Crippen LogP contribution in [-0.4, -0.2) is 25.4 Å². The molecule has 146 valence electrons. The largest absolute Gasteiger partial charge is 0.493 e. The quantitative estimate of drug-likeness (QED) is 0.646. The number of amides is 1. The monoisotopic (exact) mass is 395 g/mol. The second-order valence-corrected chi connectivity index (χ2v) is 6.85. The van der Waals surface area contributed by atoms with Gasteiger partial charge in [-0.25, -0.2) is 0 Å². The number of alkyl halides is 2. The number of rotatable bonds is 9. The highest BCUT2D eigenvalue weighted by molar-refractivity contribution is 7.99. The van der Waals surface area contributed by atoms with Gasteiger partial charge in [0.1, 0.15) is 0 Å². The van der Waals surface area contributed by atoms with Gasteiger partial charge >= 0.3 is 6.61 Å². The Balaban J connectivity index is 1.92. The third kappa shape index (κ3) is 6.13. The Morgan fingerprint density at radius 2 is 2.00 bits per heavy atom. The molecular formula is C20H23F2NO3S. The predicted octanol–water partition coefficient (Wildman–Crippen LogP) is 5.04. The molecule has 0 aliphatic carbocycles. The van der Waals surface area contributed by atoms with Crippen molar-refractivity contribution in [1.82, 2.24) is 0 Å². The third-order valence-electron chi connectivity index (χ3n) is 3.95. The van der Waals surface area contributed by atoms with Crippen LogP contribution in [0.15, 0.2) is 36.4 Å². The molecule has 1 N–H and O–H groups in total. The van der Waals surface area contributed by atoms with Crippen LogP contribution in [0.3, 0.4) is 0 Å². The second-order valence-electron chi connectivity index (χ2n) is 5.87. The number of para-hydroxylation sites is 1. The molecule has 0 atom stereocenters. The molecule has 0 aromatic heterocycles. The van der Waals surface area contributed by atoms with Crippen molar-refractivity contribution in [1.29, 1.82) is 0 Å². The number of hydrogen-bond donors (Lipinski definition) is 1. The Kier molecular flexibility index (Phi) is 7.91. The number of aryl methyl sites for hydroxylation is 2. The first-order chi connectivity index (χ1) is 12.9. The number of methoxy groups -OCH3 is 1. The minimum Gasteiger partial charge on any atom is -0.493 e. The highest BCUT2D eigenvalue weighted by atomic mass is 32.2. The summed E-state index contributed by atoms with van der Waals surface area (Å²) in [5, 5.41) is 2.98. The second kappa shape index (κ2) is 10.2. The van der Waals surface area contributed by atoms with E-state index < -0.39 is 6.61 Å². The zero-order chi connectivity index (χ0) is 19.8. The number of carbonyl (C=O) groups is 1. The number of thioether (sulfide) groups is 1.